The Bertz CT molecular complexity index is 1340. The number of aromatic nitrogens is 4. The molecule has 180 valence electrons. The van der Waals surface area contributed by atoms with Crippen LogP contribution in [-0.4, -0.2) is 50.0 Å². The highest BCUT2D eigenvalue weighted by atomic mass is 32.1. The van der Waals surface area contributed by atoms with Crippen LogP contribution in [0.5, 0.6) is 0 Å². The van der Waals surface area contributed by atoms with Crippen molar-refractivity contribution in [3.8, 4) is 11.3 Å². The molecule has 1 fully saturated rings. The molecule has 8 heteroatoms. The molecule has 1 aliphatic heterocycles. The van der Waals surface area contributed by atoms with Crippen molar-refractivity contribution in [2.24, 2.45) is 11.7 Å². The van der Waals surface area contributed by atoms with E-state index >= 15 is 0 Å². The number of aromatic amines is 1. The Morgan fingerprint density at radius 2 is 2.06 bits per heavy atom. The van der Waals surface area contributed by atoms with Crippen LogP contribution in [0.25, 0.3) is 27.1 Å². The van der Waals surface area contributed by atoms with Gasteiger partial charge in [-0.3, -0.25) is 9.69 Å². The number of fused-ring (bicyclic) bond motifs is 2. The van der Waals surface area contributed by atoms with Gasteiger partial charge in [-0.1, -0.05) is 13.8 Å². The highest BCUT2D eigenvalue weighted by molar-refractivity contribution is 7.19. The minimum atomic E-state index is -0.223. The van der Waals surface area contributed by atoms with E-state index in [0.29, 0.717) is 12.5 Å². The zero-order chi connectivity index (χ0) is 24.0. The van der Waals surface area contributed by atoms with E-state index in [1.807, 2.05) is 15.9 Å². The molecule has 34 heavy (non-hydrogen) atoms. The van der Waals surface area contributed by atoms with Crippen molar-refractivity contribution in [2.45, 2.75) is 59.3 Å². The number of primary amides is 1. The zero-order valence-electron chi connectivity index (χ0n) is 20.5. The second-order valence-corrected chi connectivity index (χ2v) is 11.2. The van der Waals surface area contributed by atoms with Crippen molar-refractivity contribution in [3.05, 3.63) is 40.2 Å². The number of hydrogen-bond acceptors (Lipinski definition) is 5. The molecule has 1 aliphatic rings. The summed E-state index contributed by atoms with van der Waals surface area (Å²) in [7, 11) is 0. The summed E-state index contributed by atoms with van der Waals surface area (Å²) in [5.41, 5.74) is 12.6. The van der Waals surface area contributed by atoms with E-state index in [4.69, 9.17) is 5.73 Å². The summed E-state index contributed by atoms with van der Waals surface area (Å²) in [6.07, 6.45) is 8.33. The first kappa shape index (κ1) is 23.1. The monoisotopic (exact) mass is 478 g/mol. The van der Waals surface area contributed by atoms with Crippen LogP contribution >= 0.6 is 11.3 Å². The predicted octanol–water partition coefficient (Wildman–Crippen LogP) is 4.81. The fourth-order valence-corrected chi connectivity index (χ4v) is 6.78. The SMILES string of the molecule is Cc1c(CCC2CCN(CC(N)=O)CC2)sc2[nH]c(-c3cc(C)c4ncnn4c3)c(C(C)C)c12. The maximum Gasteiger partial charge on any atom is 0.231 e. The number of nitrogens with zero attached hydrogens (tertiary/aromatic N) is 4. The third-order valence-corrected chi connectivity index (χ3v) is 8.58. The number of carbonyl (C=O) groups excluding carboxylic acids is 1. The van der Waals surface area contributed by atoms with Gasteiger partial charge in [0.15, 0.2) is 5.65 Å². The Balaban J connectivity index is 1.39. The largest absolute Gasteiger partial charge is 0.369 e. The number of H-pyrrole nitrogens is 1. The zero-order valence-corrected chi connectivity index (χ0v) is 21.3. The molecule has 0 radical (unpaired) electrons. The Hall–Kier alpha value is -2.71. The molecule has 4 aromatic heterocycles. The molecular weight excluding hydrogens is 444 g/mol. The molecule has 7 nitrogen and oxygen atoms in total. The second-order valence-electron chi connectivity index (χ2n) is 10.1. The summed E-state index contributed by atoms with van der Waals surface area (Å²) in [6, 6.07) is 2.21. The summed E-state index contributed by atoms with van der Waals surface area (Å²) in [6.45, 7) is 11.3. The number of nitrogens with two attached hydrogens (primary N) is 1. The summed E-state index contributed by atoms with van der Waals surface area (Å²) >= 11 is 1.92. The molecule has 5 rings (SSSR count). The van der Waals surface area contributed by atoms with Crippen molar-refractivity contribution in [1.29, 1.82) is 0 Å². The number of rotatable bonds is 7. The minimum Gasteiger partial charge on any atom is -0.369 e. The van der Waals surface area contributed by atoms with Gasteiger partial charge in [-0.2, -0.15) is 5.10 Å². The quantitative estimate of drug-likeness (QED) is 0.399. The fraction of sp³-hybridized carbons (Fsp3) is 0.500. The summed E-state index contributed by atoms with van der Waals surface area (Å²) in [5, 5.41) is 5.77. The van der Waals surface area contributed by atoms with E-state index in [1.54, 1.807) is 6.33 Å². The third kappa shape index (κ3) is 4.25. The van der Waals surface area contributed by atoms with Gasteiger partial charge in [0.25, 0.3) is 0 Å². The second kappa shape index (κ2) is 9.15. The van der Waals surface area contributed by atoms with E-state index in [2.05, 4.69) is 59.9 Å². The van der Waals surface area contributed by atoms with Crippen molar-refractivity contribution in [2.75, 3.05) is 19.6 Å². The molecule has 0 bridgehead atoms. The van der Waals surface area contributed by atoms with Crippen LogP contribution in [0.4, 0.5) is 0 Å². The maximum absolute atomic E-state index is 11.2. The predicted molar refractivity (Wildman–Crippen MR) is 138 cm³/mol. The van der Waals surface area contributed by atoms with Crippen LogP contribution in [0, 0.1) is 19.8 Å². The van der Waals surface area contributed by atoms with E-state index in [1.165, 1.54) is 38.3 Å². The average molecular weight is 479 g/mol. The molecule has 0 aliphatic carbocycles. The van der Waals surface area contributed by atoms with Gasteiger partial charge in [0.1, 0.15) is 11.2 Å². The summed E-state index contributed by atoms with van der Waals surface area (Å²) in [5.74, 6) is 0.909. The number of piperidine rings is 1. The Labute approximate surface area is 204 Å². The number of hydrogen-bond donors (Lipinski definition) is 2. The maximum atomic E-state index is 11.2. The molecule has 5 heterocycles. The summed E-state index contributed by atoms with van der Waals surface area (Å²) < 4.78 is 1.87. The first-order valence-electron chi connectivity index (χ1n) is 12.3. The number of likely N-dealkylation sites (tertiary alicyclic amines) is 1. The lowest BCUT2D eigenvalue weighted by Gasteiger charge is -2.31. The van der Waals surface area contributed by atoms with Crippen LogP contribution in [0.1, 0.15) is 60.6 Å². The van der Waals surface area contributed by atoms with Gasteiger partial charge in [0.2, 0.25) is 5.91 Å². The number of carbonyl (C=O) groups is 1. The topological polar surface area (TPSA) is 92.3 Å². The molecular formula is C26H34N6OS. The molecule has 1 saturated heterocycles. The van der Waals surface area contributed by atoms with E-state index < -0.39 is 0 Å². The lowest BCUT2D eigenvalue weighted by Crippen LogP contribution is -2.39. The van der Waals surface area contributed by atoms with Crippen LogP contribution in [0.3, 0.4) is 0 Å². The minimum absolute atomic E-state index is 0.223. The average Bonchev–Trinajstić information content (AvgIpc) is 3.48. The van der Waals surface area contributed by atoms with Gasteiger partial charge >= 0.3 is 0 Å². The van der Waals surface area contributed by atoms with Crippen molar-refractivity contribution in [3.63, 3.8) is 0 Å². The van der Waals surface area contributed by atoms with Gasteiger partial charge in [0, 0.05) is 22.0 Å². The Morgan fingerprint density at radius 1 is 1.29 bits per heavy atom. The highest BCUT2D eigenvalue weighted by Gasteiger charge is 2.24. The summed E-state index contributed by atoms with van der Waals surface area (Å²) in [4.78, 5) is 24.3. The van der Waals surface area contributed by atoms with Gasteiger partial charge < -0.3 is 10.7 Å². The van der Waals surface area contributed by atoms with Gasteiger partial charge in [-0.05, 0) is 87.2 Å². The number of amides is 1. The lowest BCUT2D eigenvalue weighted by molar-refractivity contribution is -0.119. The Kier molecular flexibility index (Phi) is 6.20. The highest BCUT2D eigenvalue weighted by Crippen LogP contribution is 2.42. The van der Waals surface area contributed by atoms with Crippen LogP contribution in [-0.2, 0) is 11.2 Å². The van der Waals surface area contributed by atoms with E-state index in [-0.39, 0.29) is 5.91 Å². The number of nitrogens with one attached hydrogen (secondary N) is 1. The van der Waals surface area contributed by atoms with Gasteiger partial charge in [0.05, 0.1) is 12.2 Å². The number of aryl methyl sites for hydroxylation is 3. The lowest BCUT2D eigenvalue weighted by atomic mass is 9.91. The van der Waals surface area contributed by atoms with Crippen molar-refractivity contribution >= 4 is 33.1 Å². The molecule has 0 saturated carbocycles. The first-order valence-corrected chi connectivity index (χ1v) is 13.1. The van der Waals surface area contributed by atoms with E-state index in [9.17, 15) is 4.79 Å². The molecule has 4 aromatic rings. The molecule has 1 amide bonds. The van der Waals surface area contributed by atoms with Crippen molar-refractivity contribution < 1.29 is 4.79 Å². The van der Waals surface area contributed by atoms with Crippen molar-refractivity contribution in [1.82, 2.24) is 24.5 Å². The Morgan fingerprint density at radius 3 is 2.76 bits per heavy atom. The van der Waals surface area contributed by atoms with Crippen LogP contribution in [0.2, 0.25) is 0 Å². The molecule has 0 spiro atoms. The standard InChI is InChI=1S/C26H34N6OS/c1-15(2)22-23-17(4)20(6-5-18-7-9-31(10-8-18)13-21(27)33)34-26(23)30-24(22)19-11-16(3)25-28-14-29-32(25)12-19/h11-12,14-15,18,30H,5-10,13H2,1-4H3,(H2,27,33). The van der Waals surface area contributed by atoms with Gasteiger partial charge in [-0.15, -0.1) is 11.3 Å². The van der Waals surface area contributed by atoms with E-state index in [0.717, 1.165) is 55.0 Å². The van der Waals surface area contributed by atoms with Crippen LogP contribution < -0.4 is 5.73 Å². The third-order valence-electron chi connectivity index (χ3n) is 7.31. The van der Waals surface area contributed by atoms with Gasteiger partial charge in [-0.25, -0.2) is 9.50 Å². The molecule has 0 atom stereocenters. The smallest absolute Gasteiger partial charge is 0.231 e. The molecule has 0 unspecified atom stereocenters. The molecule has 0 aromatic carbocycles. The normalized spacial score (nSPS) is 15.8. The van der Waals surface area contributed by atoms with Crippen LogP contribution in [0.15, 0.2) is 18.6 Å². The number of thiophene rings is 1. The first-order chi connectivity index (χ1) is 16.3. The number of pyridine rings is 1. The molecule has 3 N–H and O–H groups in total. The fourth-order valence-electron chi connectivity index (χ4n) is 5.54.